The summed E-state index contributed by atoms with van der Waals surface area (Å²) in [5, 5.41) is 8.81. The van der Waals surface area contributed by atoms with Crippen LogP contribution in [0.1, 0.15) is 26.2 Å². The molecule has 16 heavy (non-hydrogen) atoms. The first-order valence-corrected chi connectivity index (χ1v) is 6.23. The molecule has 0 saturated carbocycles. The highest BCUT2D eigenvalue weighted by molar-refractivity contribution is 5.69. The molecule has 1 aliphatic heterocycles. The van der Waals surface area contributed by atoms with Gasteiger partial charge in [-0.15, -0.1) is 0 Å². The summed E-state index contributed by atoms with van der Waals surface area (Å²) in [6, 6.07) is 0. The summed E-state index contributed by atoms with van der Waals surface area (Å²) in [5.41, 5.74) is 0. The van der Waals surface area contributed by atoms with Crippen molar-refractivity contribution in [1.29, 1.82) is 0 Å². The van der Waals surface area contributed by atoms with Gasteiger partial charge in [-0.2, -0.15) is 0 Å². The standard InChI is InChI=1S/C12H24N2O2/c1-11(12(15)16)10-13(2)8-9-14-6-4-3-5-7-14/h11H,3-10H2,1-2H3,(H,15,16). The molecule has 0 bridgehead atoms. The van der Waals surface area contributed by atoms with E-state index in [1.165, 1.54) is 32.4 Å². The number of carboxylic acid groups (broad SMARTS) is 1. The maximum atomic E-state index is 10.7. The molecule has 1 fully saturated rings. The lowest BCUT2D eigenvalue weighted by Gasteiger charge is -2.28. The van der Waals surface area contributed by atoms with Crippen molar-refractivity contribution in [3.63, 3.8) is 0 Å². The molecule has 94 valence electrons. The molecule has 1 saturated heterocycles. The lowest BCUT2D eigenvalue weighted by Crippen LogP contribution is -2.38. The zero-order chi connectivity index (χ0) is 12.0. The minimum Gasteiger partial charge on any atom is -0.481 e. The van der Waals surface area contributed by atoms with Gasteiger partial charge in [0.15, 0.2) is 0 Å². The Morgan fingerprint density at radius 1 is 1.38 bits per heavy atom. The van der Waals surface area contributed by atoms with Gasteiger partial charge in [-0.25, -0.2) is 0 Å². The molecule has 0 radical (unpaired) electrons. The highest BCUT2D eigenvalue weighted by Crippen LogP contribution is 2.08. The van der Waals surface area contributed by atoms with Gasteiger partial charge in [-0.3, -0.25) is 4.79 Å². The number of carbonyl (C=O) groups is 1. The van der Waals surface area contributed by atoms with Crippen LogP contribution in [0, 0.1) is 5.92 Å². The Hall–Kier alpha value is -0.610. The lowest BCUT2D eigenvalue weighted by molar-refractivity contribution is -0.141. The number of hydrogen-bond acceptors (Lipinski definition) is 3. The Bertz CT molecular complexity index is 215. The van der Waals surface area contributed by atoms with Gasteiger partial charge in [0.25, 0.3) is 0 Å². The first-order valence-electron chi connectivity index (χ1n) is 6.23. The Morgan fingerprint density at radius 2 is 2.00 bits per heavy atom. The number of piperidine rings is 1. The van der Waals surface area contributed by atoms with E-state index < -0.39 is 5.97 Å². The van der Waals surface area contributed by atoms with Crippen molar-refractivity contribution in [1.82, 2.24) is 9.80 Å². The molecule has 1 atom stereocenters. The molecule has 1 unspecified atom stereocenters. The molecule has 4 heteroatoms. The monoisotopic (exact) mass is 228 g/mol. The average Bonchev–Trinajstić information content (AvgIpc) is 2.27. The molecule has 1 aliphatic rings. The van der Waals surface area contributed by atoms with Gasteiger partial charge in [0, 0.05) is 19.6 Å². The summed E-state index contributed by atoms with van der Waals surface area (Å²) in [4.78, 5) is 15.3. The molecule has 0 aromatic rings. The second-order valence-electron chi connectivity index (χ2n) is 4.90. The zero-order valence-corrected chi connectivity index (χ0v) is 10.5. The lowest BCUT2D eigenvalue weighted by atomic mass is 10.1. The van der Waals surface area contributed by atoms with E-state index in [9.17, 15) is 4.79 Å². The second-order valence-corrected chi connectivity index (χ2v) is 4.90. The van der Waals surface area contributed by atoms with E-state index in [1.807, 2.05) is 7.05 Å². The minimum absolute atomic E-state index is 0.272. The quantitative estimate of drug-likeness (QED) is 0.740. The molecular weight excluding hydrogens is 204 g/mol. The van der Waals surface area contributed by atoms with Gasteiger partial charge in [-0.1, -0.05) is 13.3 Å². The van der Waals surface area contributed by atoms with Crippen LogP contribution < -0.4 is 0 Å². The third kappa shape index (κ3) is 4.94. The van der Waals surface area contributed by atoms with Crippen LogP contribution in [0.15, 0.2) is 0 Å². The number of carboxylic acids is 1. The predicted octanol–water partition coefficient (Wildman–Crippen LogP) is 1.12. The first kappa shape index (κ1) is 13.5. The van der Waals surface area contributed by atoms with Crippen molar-refractivity contribution in [2.24, 2.45) is 5.92 Å². The third-order valence-electron chi connectivity index (χ3n) is 3.25. The third-order valence-corrected chi connectivity index (χ3v) is 3.25. The van der Waals surface area contributed by atoms with Crippen LogP contribution in [0.4, 0.5) is 0 Å². The van der Waals surface area contributed by atoms with Crippen molar-refractivity contribution in [2.75, 3.05) is 39.8 Å². The van der Waals surface area contributed by atoms with E-state index in [1.54, 1.807) is 6.92 Å². The van der Waals surface area contributed by atoms with Crippen LogP contribution in [0.25, 0.3) is 0 Å². The number of rotatable bonds is 6. The fourth-order valence-electron chi connectivity index (χ4n) is 2.13. The summed E-state index contributed by atoms with van der Waals surface area (Å²) in [6.45, 7) is 6.87. The van der Waals surface area contributed by atoms with Gasteiger partial charge in [-0.05, 0) is 33.0 Å². The van der Waals surface area contributed by atoms with Crippen LogP contribution in [-0.2, 0) is 4.79 Å². The summed E-state index contributed by atoms with van der Waals surface area (Å²) >= 11 is 0. The van der Waals surface area contributed by atoms with Crippen LogP contribution >= 0.6 is 0 Å². The second kappa shape index (κ2) is 6.86. The van der Waals surface area contributed by atoms with Gasteiger partial charge < -0.3 is 14.9 Å². The molecule has 1 heterocycles. The summed E-state index contributed by atoms with van der Waals surface area (Å²) < 4.78 is 0. The maximum Gasteiger partial charge on any atom is 0.307 e. The highest BCUT2D eigenvalue weighted by Gasteiger charge is 2.15. The largest absolute Gasteiger partial charge is 0.481 e. The molecule has 0 aromatic heterocycles. The number of likely N-dealkylation sites (N-methyl/N-ethyl adjacent to an activating group) is 1. The van der Waals surface area contributed by atoms with Crippen molar-refractivity contribution < 1.29 is 9.90 Å². The molecule has 4 nitrogen and oxygen atoms in total. The van der Waals surface area contributed by atoms with Crippen molar-refractivity contribution in [3.8, 4) is 0 Å². The number of aliphatic carboxylic acids is 1. The molecule has 0 spiro atoms. The van der Waals surface area contributed by atoms with Gasteiger partial charge in [0.1, 0.15) is 0 Å². The Morgan fingerprint density at radius 3 is 2.56 bits per heavy atom. The molecule has 1 N–H and O–H groups in total. The molecular formula is C12H24N2O2. The SMILES string of the molecule is CC(CN(C)CCN1CCCCC1)C(=O)O. The Balaban J connectivity index is 2.13. The first-order chi connectivity index (χ1) is 7.59. The molecule has 1 rings (SSSR count). The predicted molar refractivity (Wildman–Crippen MR) is 64.6 cm³/mol. The maximum absolute atomic E-state index is 10.7. The molecule has 0 aromatic carbocycles. The summed E-state index contributed by atoms with van der Waals surface area (Å²) in [5.74, 6) is -0.976. The fraction of sp³-hybridized carbons (Fsp3) is 0.917. The van der Waals surface area contributed by atoms with Crippen LogP contribution in [0.2, 0.25) is 0 Å². The minimum atomic E-state index is -0.704. The highest BCUT2D eigenvalue weighted by atomic mass is 16.4. The topological polar surface area (TPSA) is 43.8 Å². The van der Waals surface area contributed by atoms with E-state index in [0.29, 0.717) is 6.54 Å². The van der Waals surface area contributed by atoms with Gasteiger partial charge in [0.2, 0.25) is 0 Å². The Kier molecular flexibility index (Phi) is 5.77. The zero-order valence-electron chi connectivity index (χ0n) is 10.5. The van der Waals surface area contributed by atoms with Crippen molar-refractivity contribution in [3.05, 3.63) is 0 Å². The van der Waals surface area contributed by atoms with Crippen LogP contribution in [0.5, 0.6) is 0 Å². The Labute approximate surface area is 98.2 Å². The number of nitrogens with zero attached hydrogens (tertiary/aromatic N) is 2. The van der Waals surface area contributed by atoms with E-state index in [0.717, 1.165) is 13.1 Å². The fourth-order valence-corrected chi connectivity index (χ4v) is 2.13. The average molecular weight is 228 g/mol. The molecule has 0 amide bonds. The summed E-state index contributed by atoms with van der Waals surface area (Å²) in [7, 11) is 2.00. The molecule has 0 aliphatic carbocycles. The van der Waals surface area contributed by atoms with E-state index in [2.05, 4.69) is 9.80 Å². The summed E-state index contributed by atoms with van der Waals surface area (Å²) in [6.07, 6.45) is 3.99. The van der Waals surface area contributed by atoms with Crippen LogP contribution in [0.3, 0.4) is 0 Å². The smallest absolute Gasteiger partial charge is 0.307 e. The normalized spacial score (nSPS) is 19.9. The van der Waals surface area contributed by atoms with Gasteiger partial charge in [0.05, 0.1) is 5.92 Å². The number of hydrogen-bond donors (Lipinski definition) is 1. The number of likely N-dealkylation sites (tertiary alicyclic amines) is 1. The van der Waals surface area contributed by atoms with E-state index >= 15 is 0 Å². The van der Waals surface area contributed by atoms with Crippen molar-refractivity contribution >= 4 is 5.97 Å². The van der Waals surface area contributed by atoms with Crippen molar-refractivity contribution in [2.45, 2.75) is 26.2 Å². The van der Waals surface area contributed by atoms with E-state index in [4.69, 9.17) is 5.11 Å². The van der Waals surface area contributed by atoms with Crippen LogP contribution in [-0.4, -0.2) is 60.6 Å². The van der Waals surface area contributed by atoms with E-state index in [-0.39, 0.29) is 5.92 Å². The van der Waals surface area contributed by atoms with Gasteiger partial charge >= 0.3 is 5.97 Å².